The number of amides is 1. The van der Waals surface area contributed by atoms with Gasteiger partial charge in [0.15, 0.2) is 0 Å². The van der Waals surface area contributed by atoms with Crippen molar-refractivity contribution in [1.29, 1.82) is 0 Å². The highest BCUT2D eigenvalue weighted by Gasteiger charge is 2.29. The van der Waals surface area contributed by atoms with Crippen molar-refractivity contribution in [1.82, 2.24) is 10.6 Å². The Bertz CT molecular complexity index is 183. The van der Waals surface area contributed by atoms with Gasteiger partial charge in [-0.1, -0.05) is 0 Å². The molecular weight excluding hydrogens is 185 g/mol. The van der Waals surface area contributed by atoms with Crippen molar-refractivity contribution in [2.45, 2.75) is 25.1 Å². The van der Waals surface area contributed by atoms with Gasteiger partial charge in [-0.25, -0.2) is 0 Å². The fourth-order valence-electron chi connectivity index (χ4n) is 1.17. The molecule has 3 nitrogen and oxygen atoms in total. The molecule has 1 aliphatic heterocycles. The average Bonchev–Trinajstić information content (AvgIpc) is 2.02. The van der Waals surface area contributed by atoms with E-state index in [4.69, 9.17) is 0 Å². The van der Waals surface area contributed by atoms with Crippen LogP contribution in [0.1, 0.15) is 12.8 Å². The molecule has 0 aromatic rings. The van der Waals surface area contributed by atoms with Crippen LogP contribution in [0, 0.1) is 0 Å². The van der Waals surface area contributed by atoms with Gasteiger partial charge in [-0.15, -0.1) is 0 Å². The first-order chi connectivity index (χ1) is 5.97. The van der Waals surface area contributed by atoms with Gasteiger partial charge in [-0.2, -0.15) is 13.2 Å². The first-order valence-electron chi connectivity index (χ1n) is 4.04. The number of alkyl halides is 3. The lowest BCUT2D eigenvalue weighted by Crippen LogP contribution is -2.48. The van der Waals surface area contributed by atoms with Crippen LogP contribution in [0.5, 0.6) is 0 Å². The molecule has 1 rings (SSSR count). The number of nitrogens with one attached hydrogen (secondary N) is 2. The summed E-state index contributed by atoms with van der Waals surface area (Å²) in [4.78, 5) is 10.6. The van der Waals surface area contributed by atoms with E-state index < -0.39 is 12.7 Å². The Labute approximate surface area is 73.7 Å². The molecule has 0 aliphatic carbocycles. The maximum absolute atomic E-state index is 11.7. The Kier molecular flexibility index (Phi) is 3.13. The van der Waals surface area contributed by atoms with Crippen LogP contribution in [0.2, 0.25) is 0 Å². The van der Waals surface area contributed by atoms with Gasteiger partial charge in [-0.3, -0.25) is 4.79 Å². The molecule has 1 unspecified atom stereocenters. The van der Waals surface area contributed by atoms with Gasteiger partial charge in [0.2, 0.25) is 5.91 Å². The number of carbonyl (C=O) groups is 1. The summed E-state index contributed by atoms with van der Waals surface area (Å²) in [5.74, 6) is -0.0925. The number of hydrogen-bond donors (Lipinski definition) is 2. The molecular formula is C7H11F3N2O. The minimum Gasteiger partial charge on any atom is -0.355 e. The van der Waals surface area contributed by atoms with Crippen LogP contribution < -0.4 is 10.6 Å². The van der Waals surface area contributed by atoms with Crippen LogP contribution in [-0.2, 0) is 4.79 Å². The molecule has 2 N–H and O–H groups in total. The molecule has 13 heavy (non-hydrogen) atoms. The summed E-state index contributed by atoms with van der Waals surface area (Å²) in [6.45, 7) is -0.706. The molecule has 1 saturated heterocycles. The number of halogens is 3. The van der Waals surface area contributed by atoms with Crippen molar-refractivity contribution in [3.63, 3.8) is 0 Å². The SMILES string of the molecule is O=C1CCC(NCC(F)(F)F)CN1. The minimum atomic E-state index is -4.18. The van der Waals surface area contributed by atoms with E-state index in [1.165, 1.54) is 0 Å². The maximum atomic E-state index is 11.7. The Morgan fingerprint density at radius 3 is 2.69 bits per heavy atom. The molecule has 0 aromatic carbocycles. The van der Waals surface area contributed by atoms with E-state index in [9.17, 15) is 18.0 Å². The van der Waals surface area contributed by atoms with Crippen molar-refractivity contribution < 1.29 is 18.0 Å². The zero-order valence-electron chi connectivity index (χ0n) is 6.95. The van der Waals surface area contributed by atoms with Crippen LogP contribution in [0.3, 0.4) is 0 Å². The third-order valence-electron chi connectivity index (χ3n) is 1.86. The largest absolute Gasteiger partial charge is 0.401 e. The quantitative estimate of drug-likeness (QED) is 0.672. The zero-order chi connectivity index (χ0) is 9.90. The second kappa shape index (κ2) is 3.95. The minimum absolute atomic E-state index is 0.0925. The number of piperidine rings is 1. The fourth-order valence-corrected chi connectivity index (χ4v) is 1.17. The third-order valence-corrected chi connectivity index (χ3v) is 1.86. The molecule has 1 heterocycles. The second-order valence-corrected chi connectivity index (χ2v) is 3.04. The summed E-state index contributed by atoms with van der Waals surface area (Å²) in [7, 11) is 0. The summed E-state index contributed by atoms with van der Waals surface area (Å²) >= 11 is 0. The van der Waals surface area contributed by atoms with Gasteiger partial charge in [0.05, 0.1) is 6.54 Å². The van der Waals surface area contributed by atoms with Crippen LogP contribution in [0.4, 0.5) is 13.2 Å². The predicted molar refractivity (Wildman–Crippen MR) is 40.1 cm³/mol. The Hall–Kier alpha value is -0.780. The topological polar surface area (TPSA) is 41.1 Å². The van der Waals surface area contributed by atoms with Gasteiger partial charge in [0.1, 0.15) is 0 Å². The van der Waals surface area contributed by atoms with Crippen molar-refractivity contribution in [3.8, 4) is 0 Å². The summed E-state index contributed by atoms with van der Waals surface area (Å²) in [5.41, 5.74) is 0. The molecule has 1 atom stereocenters. The standard InChI is InChI=1S/C7H11F3N2O/c8-7(9,10)4-12-5-1-2-6(13)11-3-5/h5,12H,1-4H2,(H,11,13). The summed E-state index contributed by atoms with van der Waals surface area (Å²) < 4.78 is 35.2. The van der Waals surface area contributed by atoms with Crippen LogP contribution in [0.15, 0.2) is 0 Å². The van der Waals surface area contributed by atoms with E-state index in [0.29, 0.717) is 12.8 Å². The molecule has 1 fully saturated rings. The molecule has 0 radical (unpaired) electrons. The van der Waals surface area contributed by atoms with E-state index in [2.05, 4.69) is 10.6 Å². The molecule has 0 saturated carbocycles. The van der Waals surface area contributed by atoms with Gasteiger partial charge in [0.25, 0.3) is 0 Å². The highest BCUT2D eigenvalue weighted by atomic mass is 19.4. The molecule has 0 spiro atoms. The molecule has 1 amide bonds. The zero-order valence-corrected chi connectivity index (χ0v) is 6.95. The lowest BCUT2D eigenvalue weighted by molar-refractivity contribution is -0.127. The summed E-state index contributed by atoms with van der Waals surface area (Å²) in [6, 6.07) is -0.251. The first kappa shape index (κ1) is 10.3. The molecule has 0 aromatic heterocycles. The van der Waals surface area contributed by atoms with Crippen molar-refractivity contribution in [2.24, 2.45) is 0 Å². The predicted octanol–water partition coefficient (Wildman–Crippen LogP) is 0.417. The van der Waals surface area contributed by atoms with Crippen molar-refractivity contribution in [3.05, 3.63) is 0 Å². The smallest absolute Gasteiger partial charge is 0.355 e. The van der Waals surface area contributed by atoms with Crippen LogP contribution in [0.25, 0.3) is 0 Å². The summed E-state index contributed by atoms with van der Waals surface area (Å²) in [5, 5.41) is 4.84. The second-order valence-electron chi connectivity index (χ2n) is 3.04. The van der Waals surface area contributed by atoms with Gasteiger partial charge >= 0.3 is 6.18 Å². The molecule has 0 bridgehead atoms. The van der Waals surface area contributed by atoms with E-state index >= 15 is 0 Å². The van der Waals surface area contributed by atoms with Crippen LogP contribution >= 0.6 is 0 Å². The van der Waals surface area contributed by atoms with Gasteiger partial charge < -0.3 is 10.6 Å². The molecule has 76 valence electrons. The van der Waals surface area contributed by atoms with Crippen LogP contribution in [-0.4, -0.2) is 31.2 Å². The third kappa shape index (κ3) is 4.12. The van der Waals surface area contributed by atoms with E-state index in [-0.39, 0.29) is 18.5 Å². The Morgan fingerprint density at radius 1 is 1.54 bits per heavy atom. The maximum Gasteiger partial charge on any atom is 0.401 e. The van der Waals surface area contributed by atoms with Crippen molar-refractivity contribution in [2.75, 3.05) is 13.1 Å². The molecule has 6 heteroatoms. The highest BCUT2D eigenvalue weighted by molar-refractivity contribution is 5.76. The number of rotatable bonds is 2. The normalized spacial score (nSPS) is 24.2. The van der Waals surface area contributed by atoms with E-state index in [0.717, 1.165) is 0 Å². The Balaban J connectivity index is 2.20. The van der Waals surface area contributed by atoms with Gasteiger partial charge in [-0.05, 0) is 6.42 Å². The van der Waals surface area contributed by atoms with Gasteiger partial charge in [0, 0.05) is 19.0 Å². The fraction of sp³-hybridized carbons (Fsp3) is 0.857. The van der Waals surface area contributed by atoms with E-state index in [1.54, 1.807) is 0 Å². The lowest BCUT2D eigenvalue weighted by Gasteiger charge is -2.23. The first-order valence-corrected chi connectivity index (χ1v) is 4.04. The van der Waals surface area contributed by atoms with E-state index in [1.807, 2.05) is 0 Å². The summed E-state index contributed by atoms with van der Waals surface area (Å²) in [6.07, 6.45) is -3.40. The highest BCUT2D eigenvalue weighted by Crippen LogP contribution is 2.13. The number of hydrogen-bond acceptors (Lipinski definition) is 2. The monoisotopic (exact) mass is 196 g/mol. The van der Waals surface area contributed by atoms with Crippen molar-refractivity contribution >= 4 is 5.91 Å². The Morgan fingerprint density at radius 2 is 2.23 bits per heavy atom. The average molecular weight is 196 g/mol. The molecule has 1 aliphatic rings. The number of carbonyl (C=O) groups excluding carboxylic acids is 1. The lowest BCUT2D eigenvalue weighted by atomic mass is 10.1.